The third-order valence-corrected chi connectivity index (χ3v) is 3.15. The van der Waals surface area contributed by atoms with E-state index in [1.165, 1.54) is 0 Å². The zero-order valence-corrected chi connectivity index (χ0v) is 10.3. The SMILES string of the molecule is CCCSCc1nc(C)c(C(N)=O)c(N)n1. The minimum Gasteiger partial charge on any atom is -0.383 e. The summed E-state index contributed by atoms with van der Waals surface area (Å²) in [6, 6.07) is 0. The fourth-order valence-corrected chi connectivity index (χ4v) is 2.08. The number of anilines is 1. The number of nitrogens with two attached hydrogens (primary N) is 2. The fraction of sp³-hybridized carbons (Fsp3) is 0.500. The van der Waals surface area contributed by atoms with Crippen LogP contribution in [0, 0.1) is 6.92 Å². The van der Waals surface area contributed by atoms with Crippen molar-refractivity contribution in [3.63, 3.8) is 0 Å². The van der Waals surface area contributed by atoms with Gasteiger partial charge in [-0.3, -0.25) is 4.79 Å². The molecule has 0 atom stereocenters. The molecule has 0 fully saturated rings. The first-order chi connectivity index (χ1) is 7.56. The molecule has 88 valence electrons. The van der Waals surface area contributed by atoms with Crippen LogP contribution < -0.4 is 11.5 Å². The second-order valence-electron chi connectivity index (χ2n) is 3.40. The van der Waals surface area contributed by atoms with Crippen LogP contribution in [0.5, 0.6) is 0 Å². The fourth-order valence-electron chi connectivity index (χ4n) is 1.33. The number of thioether (sulfide) groups is 1. The number of aromatic nitrogens is 2. The van der Waals surface area contributed by atoms with Crippen LogP contribution in [-0.4, -0.2) is 21.6 Å². The third kappa shape index (κ3) is 3.10. The third-order valence-electron chi connectivity index (χ3n) is 1.99. The predicted octanol–water partition coefficient (Wildman–Crippen LogP) is 1.11. The molecule has 0 aromatic carbocycles. The zero-order valence-electron chi connectivity index (χ0n) is 9.49. The van der Waals surface area contributed by atoms with Crippen LogP contribution in [0.25, 0.3) is 0 Å². The maximum absolute atomic E-state index is 11.1. The Kier molecular flexibility index (Phi) is 4.54. The van der Waals surface area contributed by atoms with E-state index in [-0.39, 0.29) is 11.4 Å². The molecule has 1 heterocycles. The van der Waals surface area contributed by atoms with Crippen molar-refractivity contribution < 1.29 is 4.79 Å². The molecule has 0 spiro atoms. The van der Waals surface area contributed by atoms with Crippen molar-refractivity contribution in [1.29, 1.82) is 0 Å². The van der Waals surface area contributed by atoms with E-state index >= 15 is 0 Å². The molecule has 1 aromatic heterocycles. The maximum Gasteiger partial charge on any atom is 0.254 e. The van der Waals surface area contributed by atoms with E-state index in [1.54, 1.807) is 18.7 Å². The molecule has 0 radical (unpaired) electrons. The summed E-state index contributed by atoms with van der Waals surface area (Å²) >= 11 is 1.74. The maximum atomic E-state index is 11.1. The summed E-state index contributed by atoms with van der Waals surface area (Å²) in [5, 5.41) is 0. The highest BCUT2D eigenvalue weighted by molar-refractivity contribution is 7.98. The first kappa shape index (κ1) is 12.8. The van der Waals surface area contributed by atoms with Crippen LogP contribution in [0.2, 0.25) is 0 Å². The lowest BCUT2D eigenvalue weighted by Crippen LogP contribution is -2.18. The molecule has 0 bridgehead atoms. The lowest BCUT2D eigenvalue weighted by Gasteiger charge is -2.07. The number of hydrogen-bond donors (Lipinski definition) is 2. The monoisotopic (exact) mass is 240 g/mol. The normalized spacial score (nSPS) is 10.4. The number of rotatable bonds is 5. The average Bonchev–Trinajstić information content (AvgIpc) is 2.16. The van der Waals surface area contributed by atoms with Crippen LogP contribution in [0.3, 0.4) is 0 Å². The van der Waals surface area contributed by atoms with Crippen LogP contribution in [-0.2, 0) is 5.75 Å². The van der Waals surface area contributed by atoms with E-state index in [9.17, 15) is 4.79 Å². The number of primary amides is 1. The Morgan fingerprint density at radius 3 is 2.62 bits per heavy atom. The van der Waals surface area contributed by atoms with Crippen molar-refractivity contribution in [2.45, 2.75) is 26.0 Å². The van der Waals surface area contributed by atoms with Gasteiger partial charge in [0.25, 0.3) is 5.91 Å². The van der Waals surface area contributed by atoms with Gasteiger partial charge < -0.3 is 11.5 Å². The van der Waals surface area contributed by atoms with E-state index in [0.29, 0.717) is 17.3 Å². The van der Waals surface area contributed by atoms with Gasteiger partial charge in [-0.2, -0.15) is 11.8 Å². The number of amides is 1. The van der Waals surface area contributed by atoms with Gasteiger partial charge >= 0.3 is 0 Å². The zero-order chi connectivity index (χ0) is 12.1. The topological polar surface area (TPSA) is 94.9 Å². The van der Waals surface area contributed by atoms with Crippen LogP contribution >= 0.6 is 11.8 Å². The van der Waals surface area contributed by atoms with E-state index in [4.69, 9.17) is 11.5 Å². The first-order valence-corrected chi connectivity index (χ1v) is 6.22. The Balaban J connectivity index is 2.87. The van der Waals surface area contributed by atoms with Gasteiger partial charge in [0.1, 0.15) is 17.2 Å². The molecule has 0 saturated carbocycles. The lowest BCUT2D eigenvalue weighted by molar-refractivity contribution is 0.1000. The van der Waals surface area contributed by atoms with Crippen molar-refractivity contribution in [3.05, 3.63) is 17.1 Å². The molecule has 1 amide bonds. The van der Waals surface area contributed by atoms with E-state index in [2.05, 4.69) is 16.9 Å². The molecule has 6 heteroatoms. The van der Waals surface area contributed by atoms with Gasteiger partial charge in [0.15, 0.2) is 0 Å². The van der Waals surface area contributed by atoms with Crippen LogP contribution in [0.1, 0.15) is 35.2 Å². The van der Waals surface area contributed by atoms with Crippen molar-refractivity contribution in [1.82, 2.24) is 9.97 Å². The quantitative estimate of drug-likeness (QED) is 0.752. The van der Waals surface area contributed by atoms with Gasteiger partial charge in [0.2, 0.25) is 0 Å². The second-order valence-corrected chi connectivity index (χ2v) is 4.51. The minimum atomic E-state index is -0.581. The highest BCUT2D eigenvalue weighted by Crippen LogP contribution is 2.15. The molecule has 0 aliphatic carbocycles. The second kappa shape index (κ2) is 5.69. The molecule has 5 nitrogen and oxygen atoms in total. The summed E-state index contributed by atoms with van der Waals surface area (Å²) in [5.41, 5.74) is 11.6. The summed E-state index contributed by atoms with van der Waals surface area (Å²) in [5.74, 6) is 2.01. The van der Waals surface area contributed by atoms with E-state index < -0.39 is 5.91 Å². The molecule has 0 unspecified atom stereocenters. The standard InChI is InChI=1S/C10H16N4OS/c1-3-4-16-5-7-13-6(2)8(10(12)15)9(11)14-7/h3-5H2,1-2H3,(H2,12,15)(H2,11,13,14). The molecule has 0 aliphatic rings. The molecular weight excluding hydrogens is 224 g/mol. The number of carbonyl (C=O) groups is 1. The predicted molar refractivity (Wildman–Crippen MR) is 66.2 cm³/mol. The number of hydrogen-bond acceptors (Lipinski definition) is 5. The Bertz CT molecular complexity index is 371. The molecule has 1 aromatic rings. The highest BCUT2D eigenvalue weighted by atomic mass is 32.2. The van der Waals surface area contributed by atoms with Gasteiger partial charge in [0, 0.05) is 0 Å². The van der Waals surface area contributed by atoms with Gasteiger partial charge in [-0.05, 0) is 19.1 Å². The summed E-state index contributed by atoms with van der Waals surface area (Å²) in [6.45, 7) is 3.83. The lowest BCUT2D eigenvalue weighted by atomic mass is 10.2. The molecule has 16 heavy (non-hydrogen) atoms. The molecule has 4 N–H and O–H groups in total. The van der Waals surface area contributed by atoms with E-state index in [1.807, 2.05) is 0 Å². The number of nitrogens with zero attached hydrogens (tertiary/aromatic N) is 2. The van der Waals surface area contributed by atoms with E-state index in [0.717, 1.165) is 12.2 Å². The number of aryl methyl sites for hydroxylation is 1. The van der Waals surface area contributed by atoms with Crippen molar-refractivity contribution in [2.24, 2.45) is 5.73 Å². The average molecular weight is 240 g/mol. The summed E-state index contributed by atoms with van der Waals surface area (Å²) in [6.07, 6.45) is 1.11. The van der Waals surface area contributed by atoms with Crippen LogP contribution in [0.4, 0.5) is 5.82 Å². The van der Waals surface area contributed by atoms with Crippen LogP contribution in [0.15, 0.2) is 0 Å². The van der Waals surface area contributed by atoms with Gasteiger partial charge in [-0.1, -0.05) is 6.92 Å². The summed E-state index contributed by atoms with van der Waals surface area (Å²) in [4.78, 5) is 19.4. The number of nitrogen functional groups attached to an aromatic ring is 1. The summed E-state index contributed by atoms with van der Waals surface area (Å²) < 4.78 is 0. The Labute approximate surface area is 99.0 Å². The largest absolute Gasteiger partial charge is 0.383 e. The van der Waals surface area contributed by atoms with Crippen molar-refractivity contribution >= 4 is 23.5 Å². The molecule has 0 aliphatic heterocycles. The van der Waals surface area contributed by atoms with Crippen molar-refractivity contribution in [2.75, 3.05) is 11.5 Å². The molecular formula is C10H16N4OS. The first-order valence-electron chi connectivity index (χ1n) is 5.06. The Morgan fingerprint density at radius 1 is 1.44 bits per heavy atom. The minimum absolute atomic E-state index is 0.173. The Hall–Kier alpha value is -1.30. The van der Waals surface area contributed by atoms with Gasteiger partial charge in [-0.15, -0.1) is 0 Å². The smallest absolute Gasteiger partial charge is 0.254 e. The molecule has 1 rings (SSSR count). The highest BCUT2D eigenvalue weighted by Gasteiger charge is 2.13. The van der Waals surface area contributed by atoms with Gasteiger partial charge in [-0.25, -0.2) is 9.97 Å². The molecule has 0 saturated heterocycles. The summed E-state index contributed by atoms with van der Waals surface area (Å²) in [7, 11) is 0. The number of carbonyl (C=O) groups excluding carboxylic acids is 1. The van der Waals surface area contributed by atoms with Gasteiger partial charge in [0.05, 0.1) is 11.4 Å². The Morgan fingerprint density at radius 2 is 2.12 bits per heavy atom. The van der Waals surface area contributed by atoms with Crippen molar-refractivity contribution in [3.8, 4) is 0 Å².